The highest BCUT2D eigenvalue weighted by atomic mass is 16.2. The van der Waals surface area contributed by atoms with E-state index in [2.05, 4.69) is 10.6 Å². The van der Waals surface area contributed by atoms with Gasteiger partial charge in [0.2, 0.25) is 23.6 Å². The van der Waals surface area contributed by atoms with Crippen LogP contribution in [0.3, 0.4) is 0 Å². The summed E-state index contributed by atoms with van der Waals surface area (Å²) >= 11 is 0. The molecule has 0 spiro atoms. The molecule has 0 aromatic carbocycles. The number of nitrogens with one attached hydrogen (secondary N) is 2. The van der Waals surface area contributed by atoms with Gasteiger partial charge < -0.3 is 10.6 Å². The number of carbonyl (C=O) groups excluding carboxylic acids is 4. The standard InChI is InChI=1S/C13H17N3O4/c1-14-10(17)6-15-11(18)7-16-12(19)8-4-2-3-5-9(8)13(16)20/h2-3,8-9H,4-7H2,1H3,(H,14,17)(H,15,18)/t8-,9-/m0/s1. The molecular weight excluding hydrogens is 262 g/mol. The highest BCUT2D eigenvalue weighted by Gasteiger charge is 2.47. The Morgan fingerprint density at radius 1 is 1.15 bits per heavy atom. The van der Waals surface area contributed by atoms with Crippen LogP contribution in [0.4, 0.5) is 0 Å². The number of likely N-dealkylation sites (N-methyl/N-ethyl adjacent to an activating group) is 1. The molecule has 1 saturated heterocycles. The molecule has 1 heterocycles. The van der Waals surface area contributed by atoms with Crippen molar-refractivity contribution < 1.29 is 19.2 Å². The zero-order valence-corrected chi connectivity index (χ0v) is 11.2. The number of carbonyl (C=O) groups is 4. The second-order valence-electron chi connectivity index (χ2n) is 4.87. The van der Waals surface area contributed by atoms with E-state index in [0.717, 1.165) is 4.90 Å². The first kappa shape index (κ1) is 14.2. The SMILES string of the molecule is CNC(=O)CNC(=O)CN1C(=O)[C@H]2CC=CC[C@@H]2C1=O. The minimum atomic E-state index is -0.512. The van der Waals surface area contributed by atoms with Crippen LogP contribution in [0.15, 0.2) is 12.2 Å². The van der Waals surface area contributed by atoms with Crippen LogP contribution < -0.4 is 10.6 Å². The van der Waals surface area contributed by atoms with Crippen molar-refractivity contribution in [3.05, 3.63) is 12.2 Å². The third-order valence-corrected chi connectivity index (χ3v) is 3.63. The van der Waals surface area contributed by atoms with Gasteiger partial charge in [-0.15, -0.1) is 0 Å². The summed E-state index contributed by atoms with van der Waals surface area (Å²) in [6.45, 7) is -0.484. The molecule has 0 aromatic heterocycles. The quantitative estimate of drug-likeness (QED) is 0.499. The molecule has 0 unspecified atom stereocenters. The fourth-order valence-electron chi connectivity index (χ4n) is 2.49. The third-order valence-electron chi connectivity index (χ3n) is 3.63. The molecule has 2 atom stereocenters. The van der Waals surface area contributed by atoms with Crippen LogP contribution in [0.25, 0.3) is 0 Å². The van der Waals surface area contributed by atoms with Gasteiger partial charge in [-0.2, -0.15) is 0 Å². The van der Waals surface area contributed by atoms with Crippen molar-refractivity contribution in [2.24, 2.45) is 11.8 Å². The normalized spacial score (nSPS) is 24.6. The average Bonchev–Trinajstić information content (AvgIpc) is 2.70. The first-order valence-electron chi connectivity index (χ1n) is 6.52. The smallest absolute Gasteiger partial charge is 0.240 e. The molecule has 1 fully saturated rings. The van der Waals surface area contributed by atoms with E-state index in [4.69, 9.17) is 0 Å². The number of fused-ring (bicyclic) bond motifs is 1. The van der Waals surface area contributed by atoms with Gasteiger partial charge in [0.25, 0.3) is 0 Å². The second-order valence-corrected chi connectivity index (χ2v) is 4.87. The van der Waals surface area contributed by atoms with Gasteiger partial charge in [-0.3, -0.25) is 24.1 Å². The van der Waals surface area contributed by atoms with Crippen molar-refractivity contribution in [2.75, 3.05) is 20.1 Å². The summed E-state index contributed by atoms with van der Waals surface area (Å²) in [5.74, 6) is -2.10. The molecule has 4 amide bonds. The number of nitrogens with zero attached hydrogens (tertiary/aromatic N) is 1. The summed E-state index contributed by atoms with van der Waals surface area (Å²) < 4.78 is 0. The predicted octanol–water partition coefficient (Wildman–Crippen LogP) is -1.20. The number of hydrogen-bond acceptors (Lipinski definition) is 4. The number of amides is 4. The van der Waals surface area contributed by atoms with Gasteiger partial charge in [0, 0.05) is 7.05 Å². The van der Waals surface area contributed by atoms with Crippen molar-refractivity contribution in [1.82, 2.24) is 15.5 Å². The highest BCUT2D eigenvalue weighted by molar-refractivity contribution is 6.07. The number of likely N-dealkylation sites (tertiary alicyclic amines) is 1. The van der Waals surface area contributed by atoms with E-state index in [-0.39, 0.29) is 42.6 Å². The van der Waals surface area contributed by atoms with Crippen LogP contribution in [-0.2, 0) is 19.2 Å². The lowest BCUT2D eigenvalue weighted by atomic mass is 9.85. The molecule has 1 aliphatic carbocycles. The van der Waals surface area contributed by atoms with E-state index >= 15 is 0 Å². The topological polar surface area (TPSA) is 95.6 Å². The number of imide groups is 1. The average molecular weight is 279 g/mol. The number of rotatable bonds is 4. The molecule has 108 valence electrons. The molecule has 0 bridgehead atoms. The summed E-state index contributed by atoms with van der Waals surface area (Å²) in [4.78, 5) is 47.9. The monoisotopic (exact) mass is 279 g/mol. The summed E-state index contributed by atoms with van der Waals surface area (Å²) in [5, 5.41) is 4.73. The molecule has 2 aliphatic rings. The van der Waals surface area contributed by atoms with Gasteiger partial charge in [0.1, 0.15) is 6.54 Å². The van der Waals surface area contributed by atoms with Crippen LogP contribution in [0.5, 0.6) is 0 Å². The molecule has 2 N–H and O–H groups in total. The Balaban J connectivity index is 1.93. The van der Waals surface area contributed by atoms with Crippen molar-refractivity contribution in [2.45, 2.75) is 12.8 Å². The molecule has 0 radical (unpaired) electrons. The molecule has 0 aromatic rings. The van der Waals surface area contributed by atoms with Crippen molar-refractivity contribution in [3.63, 3.8) is 0 Å². The maximum Gasteiger partial charge on any atom is 0.240 e. The predicted molar refractivity (Wildman–Crippen MR) is 69.2 cm³/mol. The van der Waals surface area contributed by atoms with Gasteiger partial charge in [0.15, 0.2) is 0 Å². The van der Waals surface area contributed by atoms with Crippen LogP contribution in [0.1, 0.15) is 12.8 Å². The summed E-state index contributed by atoms with van der Waals surface area (Å²) in [6.07, 6.45) is 4.88. The Bertz CT molecular complexity index is 460. The summed E-state index contributed by atoms with van der Waals surface area (Å²) in [6, 6.07) is 0. The Morgan fingerprint density at radius 2 is 1.70 bits per heavy atom. The maximum atomic E-state index is 12.1. The van der Waals surface area contributed by atoms with Crippen molar-refractivity contribution in [1.29, 1.82) is 0 Å². The first-order valence-corrected chi connectivity index (χ1v) is 6.52. The molecular formula is C13H17N3O4. The zero-order valence-electron chi connectivity index (χ0n) is 11.2. The largest absolute Gasteiger partial charge is 0.358 e. The van der Waals surface area contributed by atoms with Crippen molar-refractivity contribution >= 4 is 23.6 Å². The van der Waals surface area contributed by atoms with E-state index in [1.54, 1.807) is 0 Å². The van der Waals surface area contributed by atoms with E-state index in [1.807, 2.05) is 12.2 Å². The van der Waals surface area contributed by atoms with E-state index in [9.17, 15) is 19.2 Å². The lowest BCUT2D eigenvalue weighted by Gasteiger charge is -2.14. The summed E-state index contributed by atoms with van der Waals surface area (Å²) in [7, 11) is 1.46. The highest BCUT2D eigenvalue weighted by Crippen LogP contribution is 2.34. The minimum absolute atomic E-state index is 0.167. The number of hydrogen-bond donors (Lipinski definition) is 2. The molecule has 0 saturated carbocycles. The van der Waals surface area contributed by atoms with Crippen molar-refractivity contribution in [3.8, 4) is 0 Å². The van der Waals surface area contributed by atoms with Gasteiger partial charge in [-0.1, -0.05) is 12.2 Å². The van der Waals surface area contributed by atoms with Crippen LogP contribution in [0.2, 0.25) is 0 Å². The fraction of sp³-hybridized carbons (Fsp3) is 0.538. The van der Waals surface area contributed by atoms with Crippen LogP contribution in [0, 0.1) is 11.8 Å². The van der Waals surface area contributed by atoms with Crippen LogP contribution in [-0.4, -0.2) is 48.7 Å². The Morgan fingerprint density at radius 3 is 2.20 bits per heavy atom. The van der Waals surface area contributed by atoms with Gasteiger partial charge >= 0.3 is 0 Å². The second kappa shape index (κ2) is 5.85. The van der Waals surface area contributed by atoms with E-state index in [0.29, 0.717) is 12.8 Å². The van der Waals surface area contributed by atoms with Gasteiger partial charge in [-0.25, -0.2) is 0 Å². The third kappa shape index (κ3) is 2.71. The number of allylic oxidation sites excluding steroid dienone is 2. The lowest BCUT2D eigenvalue weighted by Crippen LogP contribution is -2.43. The van der Waals surface area contributed by atoms with Gasteiger partial charge in [-0.05, 0) is 12.8 Å². The van der Waals surface area contributed by atoms with Gasteiger partial charge in [0.05, 0.1) is 18.4 Å². The maximum absolute atomic E-state index is 12.1. The molecule has 7 nitrogen and oxygen atoms in total. The van der Waals surface area contributed by atoms with Crippen LogP contribution >= 0.6 is 0 Å². The molecule has 20 heavy (non-hydrogen) atoms. The molecule has 1 aliphatic heterocycles. The van der Waals surface area contributed by atoms with E-state index < -0.39 is 5.91 Å². The zero-order chi connectivity index (χ0) is 14.7. The first-order chi connectivity index (χ1) is 9.54. The fourth-order valence-corrected chi connectivity index (χ4v) is 2.49. The minimum Gasteiger partial charge on any atom is -0.358 e. The Kier molecular flexibility index (Phi) is 4.16. The molecule has 7 heteroatoms. The lowest BCUT2D eigenvalue weighted by molar-refractivity contribution is -0.143. The van der Waals surface area contributed by atoms with E-state index in [1.165, 1.54) is 7.05 Å². The Labute approximate surface area is 116 Å². The summed E-state index contributed by atoms with van der Waals surface area (Å²) in [5.41, 5.74) is 0. The molecule has 2 rings (SSSR count). The Hall–Kier alpha value is -2.18.